The van der Waals surface area contributed by atoms with Gasteiger partial charge in [-0.3, -0.25) is 9.59 Å². The molecule has 4 N–H and O–H groups in total. The van der Waals surface area contributed by atoms with Crippen molar-refractivity contribution in [2.75, 3.05) is 13.2 Å². The van der Waals surface area contributed by atoms with Crippen molar-refractivity contribution in [3.05, 3.63) is 47.0 Å². The van der Waals surface area contributed by atoms with Gasteiger partial charge in [0.1, 0.15) is 17.6 Å². The lowest BCUT2D eigenvalue weighted by Gasteiger charge is -2.15. The van der Waals surface area contributed by atoms with Crippen molar-refractivity contribution in [3.8, 4) is 17.1 Å². The Morgan fingerprint density at radius 3 is 2.92 bits per heavy atom. The summed E-state index contributed by atoms with van der Waals surface area (Å²) in [6.45, 7) is 1.93. The minimum absolute atomic E-state index is 0.253. The molecule has 0 spiro atoms. The number of nitrogens with two attached hydrogens (primary N) is 1. The highest BCUT2D eigenvalue weighted by Gasteiger charge is 2.21. The van der Waals surface area contributed by atoms with E-state index in [-0.39, 0.29) is 16.9 Å². The number of nitrogens with zero attached hydrogens (tertiary/aromatic N) is 2. The predicted octanol–water partition coefficient (Wildman–Crippen LogP) is 0.809. The summed E-state index contributed by atoms with van der Waals surface area (Å²) in [5.74, 6) is 0.224. The summed E-state index contributed by atoms with van der Waals surface area (Å²) < 4.78 is 6.87. The zero-order valence-corrected chi connectivity index (χ0v) is 13.6. The van der Waals surface area contributed by atoms with E-state index in [1.54, 1.807) is 18.2 Å². The maximum Gasteiger partial charge on any atom is 0.259 e. The van der Waals surface area contributed by atoms with Gasteiger partial charge in [-0.1, -0.05) is 0 Å². The normalized spacial score (nSPS) is 12.2. The van der Waals surface area contributed by atoms with E-state index in [2.05, 4.69) is 9.97 Å². The molecule has 0 aliphatic carbocycles. The number of rotatable bonds is 6. The van der Waals surface area contributed by atoms with Gasteiger partial charge in [-0.25, -0.2) is 4.98 Å². The fourth-order valence-corrected chi connectivity index (χ4v) is 2.70. The Morgan fingerprint density at radius 2 is 2.24 bits per heavy atom. The molecule has 1 atom stereocenters. The molecule has 130 valence electrons. The van der Waals surface area contributed by atoms with Crippen LogP contribution in [0.5, 0.6) is 5.75 Å². The van der Waals surface area contributed by atoms with Gasteiger partial charge in [0, 0.05) is 23.3 Å². The first kappa shape index (κ1) is 16.7. The number of nitrogens with one attached hydrogen (secondary N) is 1. The molecule has 0 aliphatic heterocycles. The molecule has 25 heavy (non-hydrogen) atoms. The number of aromatic nitrogens is 3. The minimum atomic E-state index is -0.998. The summed E-state index contributed by atoms with van der Waals surface area (Å²) in [5.41, 5.74) is 5.89. The van der Waals surface area contributed by atoms with E-state index in [0.29, 0.717) is 17.9 Å². The number of ether oxygens (including phenoxy) is 1. The van der Waals surface area contributed by atoms with Crippen molar-refractivity contribution in [2.45, 2.75) is 13.0 Å². The summed E-state index contributed by atoms with van der Waals surface area (Å²) in [4.78, 5) is 30.9. The number of aliphatic hydroxyl groups excluding tert-OH is 1. The van der Waals surface area contributed by atoms with Gasteiger partial charge in [0.2, 0.25) is 5.91 Å². The van der Waals surface area contributed by atoms with Crippen molar-refractivity contribution < 1.29 is 14.6 Å². The van der Waals surface area contributed by atoms with Crippen LogP contribution in [0.2, 0.25) is 0 Å². The molecule has 2 aromatic heterocycles. The summed E-state index contributed by atoms with van der Waals surface area (Å²) in [6.07, 6.45) is 2.95. The van der Waals surface area contributed by atoms with Crippen molar-refractivity contribution in [3.63, 3.8) is 0 Å². The number of aliphatic hydroxyl groups is 1. The second kappa shape index (κ2) is 6.78. The first-order valence-electron chi connectivity index (χ1n) is 7.78. The third-order valence-electron chi connectivity index (χ3n) is 3.87. The molecule has 1 amide bonds. The Balaban J connectivity index is 2.16. The fourth-order valence-electron chi connectivity index (χ4n) is 2.70. The van der Waals surface area contributed by atoms with Gasteiger partial charge in [0.05, 0.1) is 18.8 Å². The van der Waals surface area contributed by atoms with Gasteiger partial charge in [0.15, 0.2) is 0 Å². The highest BCUT2D eigenvalue weighted by Crippen LogP contribution is 2.24. The number of hydrogen-bond donors (Lipinski definition) is 3. The Bertz CT molecular complexity index is 976. The number of primary amides is 1. The van der Waals surface area contributed by atoms with Crippen LogP contribution in [0.15, 0.2) is 41.5 Å². The van der Waals surface area contributed by atoms with Crippen LogP contribution in [0.1, 0.15) is 13.0 Å². The average Bonchev–Trinajstić information content (AvgIpc) is 3.04. The monoisotopic (exact) mass is 342 g/mol. The molecule has 8 heteroatoms. The van der Waals surface area contributed by atoms with E-state index in [1.165, 1.54) is 17.0 Å². The quantitative estimate of drug-likeness (QED) is 0.611. The van der Waals surface area contributed by atoms with Crippen LogP contribution in [0.25, 0.3) is 22.3 Å². The van der Waals surface area contributed by atoms with Crippen LogP contribution in [-0.4, -0.2) is 38.8 Å². The average molecular weight is 342 g/mol. The van der Waals surface area contributed by atoms with Crippen molar-refractivity contribution in [1.82, 2.24) is 14.5 Å². The van der Waals surface area contributed by atoms with Crippen LogP contribution in [0, 0.1) is 0 Å². The largest absolute Gasteiger partial charge is 0.494 e. The topological polar surface area (TPSA) is 123 Å². The van der Waals surface area contributed by atoms with E-state index in [4.69, 9.17) is 10.5 Å². The molecule has 0 radical (unpaired) electrons. The zero-order valence-electron chi connectivity index (χ0n) is 13.6. The van der Waals surface area contributed by atoms with Gasteiger partial charge in [0.25, 0.3) is 5.56 Å². The molecular formula is C17H18N4O4. The number of imidazole rings is 1. The molecule has 0 unspecified atom stereocenters. The summed E-state index contributed by atoms with van der Waals surface area (Å²) >= 11 is 0. The SMILES string of the molecule is CCOc1ccc2[nH]c(=O)c(-c3nccn3[C@@H](CO)C(N)=O)cc2c1. The number of amides is 1. The number of fused-ring (bicyclic) bond motifs is 1. The number of H-pyrrole nitrogens is 1. The van der Waals surface area contributed by atoms with E-state index < -0.39 is 18.6 Å². The molecule has 3 rings (SSSR count). The molecule has 0 bridgehead atoms. The number of hydrogen-bond acceptors (Lipinski definition) is 5. The van der Waals surface area contributed by atoms with E-state index in [9.17, 15) is 14.7 Å². The molecule has 0 fully saturated rings. The maximum absolute atomic E-state index is 12.5. The predicted molar refractivity (Wildman–Crippen MR) is 92.3 cm³/mol. The minimum Gasteiger partial charge on any atom is -0.494 e. The van der Waals surface area contributed by atoms with Gasteiger partial charge >= 0.3 is 0 Å². The second-order valence-corrected chi connectivity index (χ2v) is 5.45. The molecule has 1 aromatic carbocycles. The lowest BCUT2D eigenvalue weighted by Crippen LogP contribution is -2.30. The molecule has 0 saturated heterocycles. The van der Waals surface area contributed by atoms with Crippen LogP contribution in [0.3, 0.4) is 0 Å². The fraction of sp³-hybridized carbons (Fsp3) is 0.235. The second-order valence-electron chi connectivity index (χ2n) is 5.45. The van der Waals surface area contributed by atoms with Crippen LogP contribution in [-0.2, 0) is 4.79 Å². The third-order valence-corrected chi connectivity index (χ3v) is 3.87. The highest BCUT2D eigenvalue weighted by atomic mass is 16.5. The number of aromatic amines is 1. The lowest BCUT2D eigenvalue weighted by molar-refractivity contribution is -0.122. The lowest BCUT2D eigenvalue weighted by atomic mass is 10.1. The molecule has 0 aliphatic rings. The first-order valence-corrected chi connectivity index (χ1v) is 7.78. The Kier molecular flexibility index (Phi) is 4.53. The van der Waals surface area contributed by atoms with Gasteiger partial charge in [-0.05, 0) is 31.2 Å². The van der Waals surface area contributed by atoms with Crippen molar-refractivity contribution in [2.24, 2.45) is 5.73 Å². The summed E-state index contributed by atoms with van der Waals surface area (Å²) in [7, 11) is 0. The molecule has 8 nitrogen and oxygen atoms in total. The van der Waals surface area contributed by atoms with E-state index >= 15 is 0 Å². The maximum atomic E-state index is 12.5. The molecule has 3 aromatic rings. The highest BCUT2D eigenvalue weighted by molar-refractivity contribution is 5.84. The number of carbonyl (C=O) groups is 1. The van der Waals surface area contributed by atoms with E-state index in [0.717, 1.165) is 5.39 Å². The Morgan fingerprint density at radius 1 is 1.44 bits per heavy atom. The van der Waals surface area contributed by atoms with E-state index in [1.807, 2.05) is 13.0 Å². The summed E-state index contributed by atoms with van der Waals surface area (Å²) in [6, 6.07) is 6.02. The first-order chi connectivity index (χ1) is 12.0. The summed E-state index contributed by atoms with van der Waals surface area (Å²) in [5, 5.41) is 10.2. The molecule has 2 heterocycles. The molecular weight excluding hydrogens is 324 g/mol. The van der Waals surface area contributed by atoms with Gasteiger partial charge in [-0.2, -0.15) is 0 Å². The number of pyridine rings is 1. The standard InChI is InChI=1S/C17H18N4O4/c1-2-25-11-3-4-13-10(7-11)8-12(17(24)20-13)16-19-5-6-21(16)14(9-22)15(18)23/h3-8,14,22H,2,9H2,1H3,(H2,18,23)(H,20,24)/t14-/m0/s1. The van der Waals surface area contributed by atoms with Crippen molar-refractivity contribution >= 4 is 16.8 Å². The van der Waals surface area contributed by atoms with Crippen LogP contribution >= 0.6 is 0 Å². The third kappa shape index (κ3) is 3.11. The van der Waals surface area contributed by atoms with Gasteiger partial charge in [-0.15, -0.1) is 0 Å². The number of carbonyl (C=O) groups excluding carboxylic acids is 1. The smallest absolute Gasteiger partial charge is 0.259 e. The Labute approximate surface area is 142 Å². The van der Waals surface area contributed by atoms with Crippen LogP contribution < -0.4 is 16.0 Å². The Hall–Kier alpha value is -3.13. The number of benzene rings is 1. The van der Waals surface area contributed by atoms with Crippen molar-refractivity contribution in [1.29, 1.82) is 0 Å². The molecule has 0 saturated carbocycles. The van der Waals surface area contributed by atoms with Crippen LogP contribution in [0.4, 0.5) is 0 Å². The zero-order chi connectivity index (χ0) is 18.0. The van der Waals surface area contributed by atoms with Gasteiger partial charge < -0.3 is 25.1 Å².